The highest BCUT2D eigenvalue weighted by atomic mass is 19.1. The maximum Gasteiger partial charge on any atom is 0.259 e. The van der Waals surface area contributed by atoms with Crippen molar-refractivity contribution in [2.75, 3.05) is 10.6 Å². The lowest BCUT2D eigenvalue weighted by Crippen LogP contribution is -2.33. The number of anilines is 2. The summed E-state index contributed by atoms with van der Waals surface area (Å²) in [5.74, 6) is -0.252. The van der Waals surface area contributed by atoms with Gasteiger partial charge in [0.1, 0.15) is 11.5 Å². The fraction of sp³-hybridized carbons (Fsp3) is 0.417. The fourth-order valence-electron chi connectivity index (χ4n) is 4.11. The Morgan fingerprint density at radius 1 is 1.26 bits per heavy atom. The number of nitrogens with zero attached hydrogens (tertiary/aromatic N) is 1. The molecule has 0 aliphatic heterocycles. The van der Waals surface area contributed by atoms with E-state index >= 15 is 0 Å². The molecule has 7 heteroatoms. The van der Waals surface area contributed by atoms with Gasteiger partial charge in [0, 0.05) is 35.0 Å². The van der Waals surface area contributed by atoms with E-state index in [1.165, 1.54) is 12.1 Å². The zero-order valence-electron chi connectivity index (χ0n) is 18.0. The normalized spacial score (nSPS) is 19.9. The summed E-state index contributed by atoms with van der Waals surface area (Å²) in [6.07, 6.45) is 6.48. The largest absolute Gasteiger partial charge is 0.381 e. The number of aromatic nitrogens is 2. The molecule has 1 saturated carbocycles. The molecule has 0 bridgehead atoms. The van der Waals surface area contributed by atoms with Crippen molar-refractivity contribution in [1.82, 2.24) is 9.97 Å². The van der Waals surface area contributed by atoms with Crippen LogP contribution < -0.4 is 16.4 Å². The number of halogens is 1. The monoisotopic (exact) mass is 423 g/mol. The molecular formula is C24H30FN5O. The predicted molar refractivity (Wildman–Crippen MR) is 123 cm³/mol. The van der Waals surface area contributed by atoms with Gasteiger partial charge in [0.05, 0.1) is 11.3 Å². The highest BCUT2D eigenvalue weighted by molar-refractivity contribution is 6.12. The first-order valence-electron chi connectivity index (χ1n) is 11.0. The average molecular weight is 424 g/mol. The van der Waals surface area contributed by atoms with Crippen molar-refractivity contribution in [2.45, 2.75) is 64.0 Å². The molecular weight excluding hydrogens is 393 g/mol. The van der Waals surface area contributed by atoms with E-state index in [0.717, 1.165) is 54.5 Å². The number of hydrogen-bond donors (Lipinski definition) is 4. The van der Waals surface area contributed by atoms with E-state index in [2.05, 4.69) is 40.5 Å². The molecule has 2 heterocycles. The van der Waals surface area contributed by atoms with Crippen LogP contribution in [0.25, 0.3) is 11.0 Å². The van der Waals surface area contributed by atoms with Gasteiger partial charge in [-0.2, -0.15) is 0 Å². The van der Waals surface area contributed by atoms with Gasteiger partial charge in [-0.1, -0.05) is 13.8 Å². The van der Waals surface area contributed by atoms with Gasteiger partial charge in [-0.05, 0) is 68.4 Å². The number of carbonyl (C=O) groups excluding carboxylic acids is 1. The minimum Gasteiger partial charge on any atom is -0.381 e. The molecule has 0 spiro atoms. The van der Waals surface area contributed by atoms with Crippen LogP contribution in [0.4, 0.5) is 15.8 Å². The number of pyridine rings is 1. The second kappa shape index (κ2) is 9.06. The zero-order chi connectivity index (χ0) is 22.0. The second-order valence-corrected chi connectivity index (χ2v) is 8.56. The number of rotatable bonds is 6. The van der Waals surface area contributed by atoms with Crippen LogP contribution in [0, 0.1) is 5.82 Å². The van der Waals surface area contributed by atoms with Crippen LogP contribution in [-0.4, -0.2) is 28.0 Å². The molecule has 0 saturated heterocycles. The van der Waals surface area contributed by atoms with Gasteiger partial charge >= 0.3 is 0 Å². The van der Waals surface area contributed by atoms with Gasteiger partial charge in [-0.25, -0.2) is 9.37 Å². The Bertz CT molecular complexity index is 1050. The average Bonchev–Trinajstić information content (AvgIpc) is 3.21. The lowest BCUT2D eigenvalue weighted by atomic mass is 9.91. The summed E-state index contributed by atoms with van der Waals surface area (Å²) >= 11 is 0. The Kier molecular flexibility index (Phi) is 6.23. The summed E-state index contributed by atoms with van der Waals surface area (Å²) in [6.45, 7) is 4.32. The minimum atomic E-state index is -0.344. The molecule has 1 fully saturated rings. The number of hydrogen-bond acceptors (Lipinski definition) is 4. The number of H-pyrrole nitrogens is 1. The van der Waals surface area contributed by atoms with Crippen molar-refractivity contribution in [3.05, 3.63) is 53.6 Å². The molecule has 2 aromatic heterocycles. The number of aromatic amines is 1. The number of benzene rings is 1. The van der Waals surface area contributed by atoms with Crippen LogP contribution >= 0.6 is 0 Å². The summed E-state index contributed by atoms with van der Waals surface area (Å²) in [5.41, 5.74) is 9.75. The number of amides is 1. The Balaban J connectivity index is 1.70. The van der Waals surface area contributed by atoms with E-state index in [9.17, 15) is 9.18 Å². The summed E-state index contributed by atoms with van der Waals surface area (Å²) in [7, 11) is 0. The lowest BCUT2D eigenvalue weighted by molar-refractivity contribution is 0.102. The molecule has 4 rings (SSSR count). The Labute approximate surface area is 181 Å². The van der Waals surface area contributed by atoms with E-state index in [-0.39, 0.29) is 23.8 Å². The molecule has 31 heavy (non-hydrogen) atoms. The molecule has 0 unspecified atom stereocenters. The van der Waals surface area contributed by atoms with E-state index in [4.69, 9.17) is 5.73 Å². The van der Waals surface area contributed by atoms with Gasteiger partial charge in [0.2, 0.25) is 0 Å². The first kappa shape index (κ1) is 21.3. The molecule has 0 radical (unpaired) electrons. The predicted octanol–water partition coefficient (Wildman–Crippen LogP) is 5.15. The van der Waals surface area contributed by atoms with Crippen molar-refractivity contribution < 1.29 is 9.18 Å². The molecule has 1 atom stereocenters. The van der Waals surface area contributed by atoms with E-state index in [1.54, 1.807) is 18.3 Å². The minimum absolute atomic E-state index is 0.251. The van der Waals surface area contributed by atoms with Crippen LogP contribution in [0.3, 0.4) is 0 Å². The maximum absolute atomic E-state index is 13.2. The lowest BCUT2D eigenvalue weighted by Gasteiger charge is -2.28. The molecule has 1 aliphatic rings. The second-order valence-electron chi connectivity index (χ2n) is 8.56. The topological polar surface area (TPSA) is 95.8 Å². The quantitative estimate of drug-likeness (QED) is 0.441. The Morgan fingerprint density at radius 3 is 2.65 bits per heavy atom. The van der Waals surface area contributed by atoms with Crippen molar-refractivity contribution in [2.24, 2.45) is 5.73 Å². The van der Waals surface area contributed by atoms with Gasteiger partial charge < -0.3 is 21.4 Å². The van der Waals surface area contributed by atoms with Gasteiger partial charge in [-0.15, -0.1) is 0 Å². The standard InChI is InChI=1S/C24H30FN5O/c1-3-14(2)21-12-19-22(28-17-10-6-16(26)7-11-17)20(13-27-23(19)30-21)24(31)29-18-8-4-15(25)5-9-18/h4-5,8-9,12-14,16-17H,3,6-7,10-11,26H2,1-2H3,(H,29,31)(H2,27,28,30)/t14-,16?,17?/m0/s1. The van der Waals surface area contributed by atoms with Crippen LogP contribution in [0.1, 0.15) is 67.9 Å². The SMILES string of the molecule is CC[C@H](C)c1cc2c(NC3CCC(N)CC3)c(C(=O)Nc3ccc(F)cc3)cnc2[nH]1. The zero-order valence-corrected chi connectivity index (χ0v) is 18.0. The van der Waals surface area contributed by atoms with Crippen molar-refractivity contribution in [3.8, 4) is 0 Å². The molecule has 1 amide bonds. The number of nitrogens with two attached hydrogens (primary N) is 1. The van der Waals surface area contributed by atoms with Gasteiger partial charge in [0.25, 0.3) is 5.91 Å². The van der Waals surface area contributed by atoms with Crippen LogP contribution in [-0.2, 0) is 0 Å². The molecule has 1 aromatic carbocycles. The summed E-state index contributed by atoms with van der Waals surface area (Å²) in [6, 6.07) is 8.35. The Hall–Kier alpha value is -2.93. The first-order valence-corrected chi connectivity index (χ1v) is 11.0. The highest BCUT2D eigenvalue weighted by Crippen LogP contribution is 2.33. The van der Waals surface area contributed by atoms with E-state index in [1.807, 2.05) is 0 Å². The summed E-state index contributed by atoms with van der Waals surface area (Å²) in [5, 5.41) is 7.40. The van der Waals surface area contributed by atoms with Crippen molar-refractivity contribution >= 4 is 28.3 Å². The molecule has 1 aliphatic carbocycles. The molecule has 6 nitrogen and oxygen atoms in total. The number of nitrogens with one attached hydrogen (secondary N) is 3. The maximum atomic E-state index is 13.2. The van der Waals surface area contributed by atoms with E-state index < -0.39 is 0 Å². The van der Waals surface area contributed by atoms with Gasteiger partial charge in [-0.3, -0.25) is 4.79 Å². The highest BCUT2D eigenvalue weighted by Gasteiger charge is 2.24. The third-order valence-corrected chi connectivity index (χ3v) is 6.29. The number of carbonyl (C=O) groups is 1. The molecule has 164 valence electrons. The summed E-state index contributed by atoms with van der Waals surface area (Å²) < 4.78 is 13.2. The fourth-order valence-corrected chi connectivity index (χ4v) is 4.11. The smallest absolute Gasteiger partial charge is 0.259 e. The first-order chi connectivity index (χ1) is 14.9. The summed E-state index contributed by atoms with van der Waals surface area (Å²) in [4.78, 5) is 21.1. The van der Waals surface area contributed by atoms with Crippen LogP contribution in [0.15, 0.2) is 36.5 Å². The molecule has 3 aromatic rings. The third-order valence-electron chi connectivity index (χ3n) is 6.29. The van der Waals surface area contributed by atoms with Gasteiger partial charge in [0.15, 0.2) is 0 Å². The van der Waals surface area contributed by atoms with E-state index in [0.29, 0.717) is 17.2 Å². The third kappa shape index (κ3) is 4.71. The van der Waals surface area contributed by atoms with Crippen LogP contribution in [0.2, 0.25) is 0 Å². The Morgan fingerprint density at radius 2 is 1.97 bits per heavy atom. The number of fused-ring (bicyclic) bond motifs is 1. The van der Waals surface area contributed by atoms with Crippen LogP contribution in [0.5, 0.6) is 0 Å². The van der Waals surface area contributed by atoms with Crippen molar-refractivity contribution in [3.63, 3.8) is 0 Å². The van der Waals surface area contributed by atoms with Crippen molar-refractivity contribution in [1.29, 1.82) is 0 Å². The molecule has 5 N–H and O–H groups in total.